The first-order chi connectivity index (χ1) is 8.50. The van der Waals surface area contributed by atoms with E-state index >= 15 is 0 Å². The molecule has 0 amide bonds. The maximum absolute atomic E-state index is 12.1. The Bertz CT molecular complexity index is 652. The van der Waals surface area contributed by atoms with Gasteiger partial charge in [-0.1, -0.05) is 24.3 Å². The maximum atomic E-state index is 12.1. The molecule has 18 heavy (non-hydrogen) atoms. The van der Waals surface area contributed by atoms with E-state index < -0.39 is 10.0 Å². The second-order valence-electron chi connectivity index (χ2n) is 3.94. The summed E-state index contributed by atoms with van der Waals surface area (Å²) < 4.78 is 26.8. The Labute approximate surface area is 107 Å². The highest BCUT2D eigenvalue weighted by Crippen LogP contribution is 2.23. The minimum absolute atomic E-state index is 0.229. The van der Waals surface area contributed by atoms with Crippen LogP contribution in [-0.2, 0) is 10.0 Å². The molecular formula is C13H14N2O2S. The number of hydrogen-bond donors (Lipinski definition) is 2. The molecule has 3 N–H and O–H groups in total. The van der Waals surface area contributed by atoms with Crippen molar-refractivity contribution < 1.29 is 8.42 Å². The molecule has 0 saturated carbocycles. The number of hydrogen-bond acceptors (Lipinski definition) is 3. The third-order valence-corrected chi connectivity index (χ3v) is 4.05. The normalized spacial score (nSPS) is 11.2. The van der Waals surface area contributed by atoms with Gasteiger partial charge >= 0.3 is 0 Å². The van der Waals surface area contributed by atoms with E-state index in [4.69, 9.17) is 5.73 Å². The summed E-state index contributed by atoms with van der Waals surface area (Å²) in [6, 6.07) is 13.4. The van der Waals surface area contributed by atoms with Gasteiger partial charge in [0.15, 0.2) is 0 Å². The summed E-state index contributed by atoms with van der Waals surface area (Å²) in [5.74, 6) is 0. The number of benzene rings is 2. The third-order valence-electron chi connectivity index (χ3n) is 2.67. The summed E-state index contributed by atoms with van der Waals surface area (Å²) in [5, 5.41) is 0. The van der Waals surface area contributed by atoms with Gasteiger partial charge in [0.05, 0.1) is 10.6 Å². The van der Waals surface area contributed by atoms with Crippen LogP contribution in [0.3, 0.4) is 0 Å². The summed E-state index contributed by atoms with van der Waals surface area (Å²) in [4.78, 5) is 0.229. The molecular weight excluding hydrogens is 248 g/mol. The molecule has 2 rings (SSSR count). The molecule has 0 spiro atoms. The second-order valence-corrected chi connectivity index (χ2v) is 5.62. The first-order valence-electron chi connectivity index (χ1n) is 5.43. The zero-order valence-corrected chi connectivity index (χ0v) is 10.7. The van der Waals surface area contributed by atoms with Crippen LogP contribution in [0.15, 0.2) is 53.4 Å². The number of nitrogen functional groups attached to an aromatic ring is 1. The molecule has 0 aliphatic heterocycles. The number of anilines is 2. The molecule has 0 unspecified atom stereocenters. The van der Waals surface area contributed by atoms with Crippen molar-refractivity contribution in [2.24, 2.45) is 0 Å². The van der Waals surface area contributed by atoms with E-state index in [1.807, 2.05) is 0 Å². The molecule has 5 heteroatoms. The molecule has 94 valence electrons. The molecule has 2 aromatic carbocycles. The number of rotatable bonds is 3. The standard InChI is InChI=1S/C13H14N2O2S/c1-10-12(14)8-5-9-13(10)15-18(16,17)11-6-3-2-4-7-11/h2-9,15H,14H2,1H3. The van der Waals surface area contributed by atoms with Gasteiger partial charge in [-0.2, -0.15) is 0 Å². The zero-order valence-electron chi connectivity index (χ0n) is 9.92. The van der Waals surface area contributed by atoms with Crippen LogP contribution in [0.2, 0.25) is 0 Å². The Morgan fingerprint density at radius 1 is 1.00 bits per heavy atom. The van der Waals surface area contributed by atoms with Gasteiger partial charge < -0.3 is 5.73 Å². The van der Waals surface area contributed by atoms with Gasteiger partial charge in [-0.15, -0.1) is 0 Å². The average Bonchev–Trinajstić information content (AvgIpc) is 2.36. The quantitative estimate of drug-likeness (QED) is 0.834. The van der Waals surface area contributed by atoms with Crippen LogP contribution < -0.4 is 10.5 Å². The van der Waals surface area contributed by atoms with Gasteiger partial charge in [-0.3, -0.25) is 4.72 Å². The molecule has 0 saturated heterocycles. The predicted molar refractivity (Wildman–Crippen MR) is 72.8 cm³/mol. The average molecular weight is 262 g/mol. The zero-order chi connectivity index (χ0) is 13.2. The first-order valence-corrected chi connectivity index (χ1v) is 6.92. The van der Waals surface area contributed by atoms with Crippen LogP contribution >= 0.6 is 0 Å². The number of nitrogens with two attached hydrogens (primary N) is 1. The molecule has 0 aliphatic rings. The van der Waals surface area contributed by atoms with Crippen LogP contribution in [-0.4, -0.2) is 8.42 Å². The lowest BCUT2D eigenvalue weighted by molar-refractivity contribution is 0.601. The minimum Gasteiger partial charge on any atom is -0.398 e. The van der Waals surface area contributed by atoms with Crippen molar-refractivity contribution in [3.05, 3.63) is 54.1 Å². The van der Waals surface area contributed by atoms with Crippen molar-refractivity contribution in [2.45, 2.75) is 11.8 Å². The van der Waals surface area contributed by atoms with E-state index in [1.54, 1.807) is 55.5 Å². The van der Waals surface area contributed by atoms with E-state index in [2.05, 4.69) is 4.72 Å². The molecule has 0 atom stereocenters. The molecule has 0 aliphatic carbocycles. The Morgan fingerprint density at radius 2 is 1.67 bits per heavy atom. The fourth-order valence-corrected chi connectivity index (χ4v) is 2.71. The van der Waals surface area contributed by atoms with Crippen LogP contribution in [0.5, 0.6) is 0 Å². The molecule has 0 heterocycles. The number of sulfonamides is 1. The highest BCUT2D eigenvalue weighted by Gasteiger charge is 2.14. The van der Waals surface area contributed by atoms with Gasteiger partial charge in [0.25, 0.3) is 10.0 Å². The Kier molecular flexibility index (Phi) is 3.25. The summed E-state index contributed by atoms with van der Waals surface area (Å²) in [5.41, 5.74) is 7.52. The SMILES string of the molecule is Cc1c(N)cccc1NS(=O)(=O)c1ccccc1. The lowest BCUT2D eigenvalue weighted by Gasteiger charge is -2.11. The Balaban J connectivity index is 2.37. The molecule has 0 bridgehead atoms. The van der Waals surface area contributed by atoms with E-state index in [0.29, 0.717) is 11.4 Å². The number of nitrogens with one attached hydrogen (secondary N) is 1. The summed E-state index contributed by atoms with van der Waals surface area (Å²) >= 11 is 0. The summed E-state index contributed by atoms with van der Waals surface area (Å²) in [6.45, 7) is 1.78. The van der Waals surface area contributed by atoms with Crippen LogP contribution in [0.1, 0.15) is 5.56 Å². The summed E-state index contributed by atoms with van der Waals surface area (Å²) in [7, 11) is -3.56. The van der Waals surface area contributed by atoms with Crippen molar-refractivity contribution in [3.63, 3.8) is 0 Å². The molecule has 4 nitrogen and oxygen atoms in total. The van der Waals surface area contributed by atoms with Crippen molar-refractivity contribution >= 4 is 21.4 Å². The molecule has 0 radical (unpaired) electrons. The predicted octanol–water partition coefficient (Wildman–Crippen LogP) is 2.38. The van der Waals surface area contributed by atoms with Crippen LogP contribution in [0, 0.1) is 6.92 Å². The lowest BCUT2D eigenvalue weighted by atomic mass is 10.2. The minimum atomic E-state index is -3.56. The topological polar surface area (TPSA) is 72.2 Å². The van der Waals surface area contributed by atoms with Crippen molar-refractivity contribution in [1.29, 1.82) is 0 Å². The first kappa shape index (κ1) is 12.4. The van der Waals surface area contributed by atoms with Crippen LogP contribution in [0.25, 0.3) is 0 Å². The molecule has 0 aromatic heterocycles. The Morgan fingerprint density at radius 3 is 2.33 bits per heavy atom. The maximum Gasteiger partial charge on any atom is 0.261 e. The van der Waals surface area contributed by atoms with Crippen molar-refractivity contribution in [3.8, 4) is 0 Å². The lowest BCUT2D eigenvalue weighted by Crippen LogP contribution is -2.14. The van der Waals surface area contributed by atoms with Crippen molar-refractivity contribution in [1.82, 2.24) is 0 Å². The van der Waals surface area contributed by atoms with E-state index in [9.17, 15) is 8.42 Å². The Hall–Kier alpha value is -2.01. The third kappa shape index (κ3) is 2.46. The van der Waals surface area contributed by atoms with Crippen LogP contribution in [0.4, 0.5) is 11.4 Å². The van der Waals surface area contributed by atoms with Crippen molar-refractivity contribution in [2.75, 3.05) is 10.5 Å². The van der Waals surface area contributed by atoms with E-state index in [-0.39, 0.29) is 4.90 Å². The fraction of sp³-hybridized carbons (Fsp3) is 0.0769. The highest BCUT2D eigenvalue weighted by atomic mass is 32.2. The van der Waals surface area contributed by atoms with E-state index in [0.717, 1.165) is 5.56 Å². The van der Waals surface area contributed by atoms with E-state index in [1.165, 1.54) is 0 Å². The highest BCUT2D eigenvalue weighted by molar-refractivity contribution is 7.92. The second kappa shape index (κ2) is 4.70. The molecule has 2 aromatic rings. The monoisotopic (exact) mass is 262 g/mol. The molecule has 0 fully saturated rings. The fourth-order valence-electron chi connectivity index (χ4n) is 1.57. The van der Waals surface area contributed by atoms with Gasteiger partial charge in [0.1, 0.15) is 0 Å². The summed E-state index contributed by atoms with van der Waals surface area (Å²) in [6.07, 6.45) is 0. The van der Waals surface area contributed by atoms with Gasteiger partial charge in [-0.25, -0.2) is 8.42 Å². The van der Waals surface area contributed by atoms with Gasteiger partial charge in [0, 0.05) is 5.69 Å². The smallest absolute Gasteiger partial charge is 0.261 e. The van der Waals surface area contributed by atoms with Gasteiger partial charge in [-0.05, 0) is 36.8 Å². The largest absolute Gasteiger partial charge is 0.398 e. The van der Waals surface area contributed by atoms with Gasteiger partial charge in [0.2, 0.25) is 0 Å².